The third-order valence-corrected chi connectivity index (χ3v) is 7.24. The Morgan fingerprint density at radius 3 is 2.89 bits per heavy atom. The third kappa shape index (κ3) is 6.86. The monoisotopic (exact) mass is 518 g/mol. The number of hydrogen-bond donors (Lipinski definition) is 3. The van der Waals surface area contributed by atoms with E-state index in [2.05, 4.69) is 36.9 Å². The van der Waals surface area contributed by atoms with Crippen molar-refractivity contribution in [3.63, 3.8) is 0 Å². The van der Waals surface area contributed by atoms with Gasteiger partial charge in [0.15, 0.2) is 0 Å². The van der Waals surface area contributed by atoms with Crippen molar-refractivity contribution < 1.29 is 27.2 Å². The van der Waals surface area contributed by atoms with Crippen LogP contribution in [0.15, 0.2) is 24.8 Å². The zero-order valence-electron chi connectivity index (χ0n) is 20.0. The molecule has 2 fully saturated rings. The molecule has 4 rings (SSSR count). The van der Waals surface area contributed by atoms with E-state index in [-0.39, 0.29) is 41.7 Å². The van der Waals surface area contributed by atoms with E-state index in [1.165, 1.54) is 19.6 Å². The van der Waals surface area contributed by atoms with Crippen molar-refractivity contribution in [2.24, 2.45) is 5.92 Å². The number of anilines is 1. The molecule has 0 aromatic carbocycles. The van der Waals surface area contributed by atoms with E-state index < -0.39 is 22.5 Å². The van der Waals surface area contributed by atoms with Crippen molar-refractivity contribution >= 4 is 21.9 Å². The lowest BCUT2D eigenvalue weighted by Gasteiger charge is -2.19. The number of ether oxygens (including phenoxy) is 1. The highest BCUT2D eigenvalue weighted by Crippen LogP contribution is 2.27. The topological polar surface area (TPSA) is 158 Å². The molecule has 1 saturated carbocycles. The summed E-state index contributed by atoms with van der Waals surface area (Å²) in [7, 11) is -2.72. The number of ketones is 1. The molecular weight excluding hydrogens is 488 g/mol. The van der Waals surface area contributed by atoms with Gasteiger partial charge in [0.2, 0.25) is 5.78 Å². The average molecular weight is 519 g/mol. The lowest BCUT2D eigenvalue weighted by Crippen LogP contribution is -2.31. The molecule has 0 radical (unpaired) electrons. The van der Waals surface area contributed by atoms with Gasteiger partial charge in [-0.2, -0.15) is 18.2 Å². The van der Waals surface area contributed by atoms with Gasteiger partial charge in [0, 0.05) is 45.1 Å². The van der Waals surface area contributed by atoms with Crippen molar-refractivity contribution in [3.05, 3.63) is 36.0 Å². The lowest BCUT2D eigenvalue weighted by molar-refractivity contribution is 0.0636. The number of nitrogens with zero attached hydrogens (tertiary/aromatic N) is 4. The molecule has 1 saturated heterocycles. The standard InChI is InChI=1S/C23H30N6O6S/c1-24-36(32,33)35-21-13-17(12-20(21)30)27-23-18(14-25-15-26-23)22(31)19-5-9-29(28-19)8-3-2-4-16-6-10-34-11-7-16/h5,9,14-17,20-21,24,30H,4,6-8,10-13H2,1H3,(H,25,26,27)/t17-,20+,21-/m1/s1. The van der Waals surface area contributed by atoms with Gasteiger partial charge >= 0.3 is 10.3 Å². The van der Waals surface area contributed by atoms with E-state index in [0.717, 1.165) is 32.5 Å². The van der Waals surface area contributed by atoms with Crippen molar-refractivity contribution in [3.8, 4) is 11.8 Å². The number of rotatable bonds is 9. The Balaban J connectivity index is 1.37. The van der Waals surface area contributed by atoms with Gasteiger partial charge < -0.3 is 15.2 Å². The Hall–Kier alpha value is -2.89. The fraction of sp³-hybridized carbons (Fsp3) is 0.565. The predicted molar refractivity (Wildman–Crippen MR) is 129 cm³/mol. The summed E-state index contributed by atoms with van der Waals surface area (Å²) < 4.78 is 37.4. The molecule has 1 aliphatic carbocycles. The molecule has 0 spiro atoms. The first-order chi connectivity index (χ1) is 17.3. The fourth-order valence-corrected chi connectivity index (χ4v) is 4.85. The first-order valence-corrected chi connectivity index (χ1v) is 13.2. The predicted octanol–water partition coefficient (Wildman–Crippen LogP) is 0.509. The molecule has 1 aliphatic heterocycles. The van der Waals surface area contributed by atoms with E-state index in [0.29, 0.717) is 12.5 Å². The van der Waals surface area contributed by atoms with E-state index in [1.807, 2.05) is 0 Å². The third-order valence-electron chi connectivity index (χ3n) is 6.24. The van der Waals surface area contributed by atoms with E-state index >= 15 is 0 Å². The summed E-state index contributed by atoms with van der Waals surface area (Å²) in [5.74, 6) is 6.78. The van der Waals surface area contributed by atoms with Gasteiger partial charge in [-0.3, -0.25) is 13.7 Å². The van der Waals surface area contributed by atoms with E-state index in [9.17, 15) is 18.3 Å². The molecule has 0 bridgehead atoms. The number of hydrogen-bond acceptors (Lipinski definition) is 10. The average Bonchev–Trinajstić information content (AvgIpc) is 3.48. The number of carbonyl (C=O) groups is 1. The minimum Gasteiger partial charge on any atom is -0.390 e. The molecule has 3 N–H and O–H groups in total. The smallest absolute Gasteiger partial charge is 0.335 e. The van der Waals surface area contributed by atoms with Gasteiger partial charge in [-0.15, -0.1) is 5.92 Å². The molecule has 3 atom stereocenters. The molecule has 12 nitrogen and oxygen atoms in total. The Kier molecular flexibility index (Phi) is 8.65. The van der Waals surface area contributed by atoms with Gasteiger partial charge in [-0.05, 0) is 37.7 Å². The van der Waals surface area contributed by atoms with Gasteiger partial charge in [-0.25, -0.2) is 9.97 Å². The Bertz CT molecular complexity index is 1220. The van der Waals surface area contributed by atoms with Crippen molar-refractivity contribution in [1.82, 2.24) is 24.5 Å². The van der Waals surface area contributed by atoms with Crippen molar-refractivity contribution in [1.29, 1.82) is 0 Å². The molecule has 2 aliphatic rings. The summed E-state index contributed by atoms with van der Waals surface area (Å²) in [6.45, 7) is 1.97. The molecular formula is C23H30N6O6S. The van der Waals surface area contributed by atoms with Crippen LogP contribution < -0.4 is 10.0 Å². The van der Waals surface area contributed by atoms with Crippen LogP contribution in [0.5, 0.6) is 0 Å². The summed E-state index contributed by atoms with van der Waals surface area (Å²) in [5, 5.41) is 17.7. The highest BCUT2D eigenvalue weighted by atomic mass is 32.2. The summed E-state index contributed by atoms with van der Waals surface area (Å²) in [6.07, 6.45) is 5.83. The van der Waals surface area contributed by atoms with Gasteiger partial charge in [-0.1, -0.05) is 5.92 Å². The normalized spacial score (nSPS) is 22.7. The highest BCUT2D eigenvalue weighted by Gasteiger charge is 2.37. The largest absolute Gasteiger partial charge is 0.390 e. The van der Waals surface area contributed by atoms with Gasteiger partial charge in [0.25, 0.3) is 0 Å². The summed E-state index contributed by atoms with van der Waals surface area (Å²) in [6, 6.07) is 1.26. The second kappa shape index (κ2) is 11.9. The molecule has 36 heavy (non-hydrogen) atoms. The number of carbonyl (C=O) groups excluding carboxylic acids is 1. The lowest BCUT2D eigenvalue weighted by atomic mass is 9.97. The minimum atomic E-state index is -3.94. The number of nitrogens with one attached hydrogen (secondary N) is 2. The van der Waals surface area contributed by atoms with Gasteiger partial charge in [0.05, 0.1) is 11.7 Å². The molecule has 0 amide bonds. The number of aromatic nitrogens is 4. The van der Waals surface area contributed by atoms with Crippen LogP contribution >= 0.6 is 0 Å². The number of aliphatic hydroxyl groups excluding tert-OH is 1. The molecule has 3 heterocycles. The SMILES string of the molecule is CNS(=O)(=O)O[C@@H]1C[C@H](Nc2ncncc2C(=O)c2ccn(CC#CCC3CCOCC3)n2)C[C@@H]1O. The molecule has 2 aromatic heterocycles. The second-order valence-corrected chi connectivity index (χ2v) is 10.3. The number of aliphatic hydroxyl groups is 1. The molecule has 0 unspecified atom stereocenters. The zero-order valence-corrected chi connectivity index (χ0v) is 20.8. The maximum Gasteiger partial charge on any atom is 0.335 e. The second-order valence-electron chi connectivity index (χ2n) is 8.80. The van der Waals surface area contributed by atoms with Crippen LogP contribution in [0.4, 0.5) is 5.82 Å². The van der Waals surface area contributed by atoms with E-state index in [4.69, 9.17) is 8.92 Å². The highest BCUT2D eigenvalue weighted by molar-refractivity contribution is 7.84. The summed E-state index contributed by atoms with van der Waals surface area (Å²) >= 11 is 0. The first kappa shape index (κ1) is 26.2. The summed E-state index contributed by atoms with van der Waals surface area (Å²) in [5.41, 5.74) is 0.446. The van der Waals surface area contributed by atoms with Gasteiger partial charge in [0.1, 0.15) is 30.5 Å². The Labute approximate surface area is 210 Å². The van der Waals surface area contributed by atoms with Crippen LogP contribution in [-0.4, -0.2) is 77.6 Å². The minimum absolute atomic E-state index is 0.209. The van der Waals surface area contributed by atoms with E-state index in [1.54, 1.807) is 16.9 Å². The first-order valence-electron chi connectivity index (χ1n) is 11.8. The summed E-state index contributed by atoms with van der Waals surface area (Å²) in [4.78, 5) is 21.3. The molecule has 13 heteroatoms. The van der Waals surface area contributed by atoms with Crippen LogP contribution in [0.1, 0.15) is 48.2 Å². The molecule has 2 aromatic rings. The Morgan fingerprint density at radius 1 is 1.31 bits per heavy atom. The van der Waals surface area contributed by atoms with Crippen LogP contribution in [-0.2, 0) is 25.8 Å². The zero-order chi connectivity index (χ0) is 25.5. The Morgan fingerprint density at radius 2 is 2.11 bits per heavy atom. The maximum absolute atomic E-state index is 13.1. The van der Waals surface area contributed by atoms with Crippen LogP contribution in [0.3, 0.4) is 0 Å². The van der Waals surface area contributed by atoms with Crippen LogP contribution in [0.2, 0.25) is 0 Å². The quantitative estimate of drug-likeness (QED) is 0.315. The molecule has 194 valence electrons. The fourth-order valence-electron chi connectivity index (χ4n) is 4.23. The van der Waals surface area contributed by atoms with Crippen molar-refractivity contribution in [2.45, 2.75) is 56.9 Å². The van der Waals surface area contributed by atoms with Crippen molar-refractivity contribution in [2.75, 3.05) is 25.6 Å². The van der Waals surface area contributed by atoms with Crippen LogP contribution in [0, 0.1) is 17.8 Å². The maximum atomic E-state index is 13.1. The van der Waals surface area contributed by atoms with Crippen LogP contribution in [0.25, 0.3) is 0 Å².